The molecule has 208 valence electrons. The molecule has 4 aliphatic heterocycles. The third-order valence-electron chi connectivity index (χ3n) is 8.74. The number of aromatic nitrogens is 1. The number of nitrogens with one attached hydrogen (secondary N) is 1. The minimum atomic E-state index is -0.592. The molecule has 0 aliphatic carbocycles. The molecule has 41 heavy (non-hydrogen) atoms. The Kier molecular flexibility index (Phi) is 5.67. The summed E-state index contributed by atoms with van der Waals surface area (Å²) in [4.78, 5) is 37.4. The molecule has 2 atom stereocenters. The van der Waals surface area contributed by atoms with E-state index in [0.29, 0.717) is 24.5 Å². The molecule has 2 saturated heterocycles. The summed E-state index contributed by atoms with van der Waals surface area (Å²) >= 11 is 0. The van der Waals surface area contributed by atoms with Crippen LogP contribution in [0.2, 0.25) is 0 Å². The van der Waals surface area contributed by atoms with E-state index in [0.717, 1.165) is 65.3 Å². The van der Waals surface area contributed by atoms with Gasteiger partial charge in [-0.15, -0.1) is 0 Å². The average molecular weight is 551 g/mol. The number of hydrogen-bond donors (Lipinski definition) is 1. The zero-order valence-corrected chi connectivity index (χ0v) is 22.5. The van der Waals surface area contributed by atoms with Gasteiger partial charge in [-0.25, -0.2) is 0 Å². The van der Waals surface area contributed by atoms with Crippen molar-refractivity contribution in [2.75, 3.05) is 44.5 Å². The number of aromatic amines is 1. The molecule has 0 spiro atoms. The van der Waals surface area contributed by atoms with Crippen LogP contribution < -0.4 is 14.4 Å². The molecule has 0 unspecified atom stereocenters. The van der Waals surface area contributed by atoms with Crippen molar-refractivity contribution in [3.8, 4) is 11.5 Å². The number of morpholine rings is 1. The van der Waals surface area contributed by atoms with Crippen LogP contribution in [0.15, 0.2) is 66.7 Å². The number of ether oxygens (including phenoxy) is 3. The van der Waals surface area contributed by atoms with Crippen molar-refractivity contribution >= 4 is 28.4 Å². The Morgan fingerprint density at radius 3 is 2.56 bits per heavy atom. The molecule has 2 amide bonds. The minimum absolute atomic E-state index is 0.0245. The molecule has 5 heterocycles. The minimum Gasteiger partial charge on any atom is -0.454 e. The number of hydrogen-bond acceptors (Lipinski definition) is 6. The Hall–Kier alpha value is -4.50. The predicted octanol–water partition coefficient (Wildman–Crippen LogP) is 3.62. The Bertz CT molecular complexity index is 1660. The normalized spacial score (nSPS) is 21.8. The molecule has 0 radical (unpaired) electrons. The zero-order valence-electron chi connectivity index (χ0n) is 22.5. The fraction of sp³-hybridized carbons (Fsp3) is 0.312. The van der Waals surface area contributed by atoms with E-state index in [1.165, 1.54) is 0 Å². The van der Waals surface area contributed by atoms with Gasteiger partial charge in [-0.1, -0.05) is 36.4 Å². The van der Waals surface area contributed by atoms with Crippen molar-refractivity contribution in [3.63, 3.8) is 0 Å². The van der Waals surface area contributed by atoms with E-state index in [1.807, 2.05) is 36.4 Å². The van der Waals surface area contributed by atoms with Gasteiger partial charge in [0.1, 0.15) is 12.6 Å². The highest BCUT2D eigenvalue weighted by Gasteiger charge is 2.48. The summed E-state index contributed by atoms with van der Waals surface area (Å²) < 4.78 is 16.7. The molecule has 1 N–H and O–H groups in total. The van der Waals surface area contributed by atoms with Crippen LogP contribution in [0.25, 0.3) is 10.9 Å². The molecule has 4 aromatic rings. The van der Waals surface area contributed by atoms with Crippen LogP contribution in [0.5, 0.6) is 11.5 Å². The number of rotatable bonds is 4. The van der Waals surface area contributed by atoms with Crippen molar-refractivity contribution in [1.82, 2.24) is 14.8 Å². The van der Waals surface area contributed by atoms with E-state index < -0.39 is 12.1 Å². The summed E-state index contributed by atoms with van der Waals surface area (Å²) in [5.74, 6) is 1.25. The van der Waals surface area contributed by atoms with Crippen LogP contribution in [0.3, 0.4) is 0 Å². The molecule has 4 aliphatic rings. The second kappa shape index (κ2) is 9.55. The molecular weight excluding hydrogens is 520 g/mol. The van der Waals surface area contributed by atoms with E-state index in [1.54, 1.807) is 9.80 Å². The highest BCUT2D eigenvalue weighted by molar-refractivity contribution is 5.97. The second-order valence-electron chi connectivity index (χ2n) is 11.1. The zero-order chi connectivity index (χ0) is 27.5. The number of benzene rings is 3. The maximum Gasteiger partial charge on any atom is 0.246 e. The number of amides is 2. The second-order valence-corrected chi connectivity index (χ2v) is 11.1. The lowest BCUT2D eigenvalue weighted by molar-refractivity contribution is -0.159. The lowest BCUT2D eigenvalue weighted by Gasteiger charge is -2.47. The third-order valence-corrected chi connectivity index (χ3v) is 8.74. The summed E-state index contributed by atoms with van der Waals surface area (Å²) in [5.41, 5.74) is 6.08. The molecule has 9 heteroatoms. The first-order valence-electron chi connectivity index (χ1n) is 14.1. The van der Waals surface area contributed by atoms with Crippen LogP contribution in [0.1, 0.15) is 28.4 Å². The smallest absolute Gasteiger partial charge is 0.246 e. The van der Waals surface area contributed by atoms with E-state index in [4.69, 9.17) is 14.2 Å². The highest BCUT2D eigenvalue weighted by Crippen LogP contribution is 2.45. The van der Waals surface area contributed by atoms with Crippen molar-refractivity contribution in [2.45, 2.75) is 25.0 Å². The average Bonchev–Trinajstić information content (AvgIpc) is 3.64. The fourth-order valence-corrected chi connectivity index (χ4v) is 6.74. The van der Waals surface area contributed by atoms with E-state index in [9.17, 15) is 9.59 Å². The molecule has 0 saturated carbocycles. The van der Waals surface area contributed by atoms with Gasteiger partial charge in [0.25, 0.3) is 0 Å². The van der Waals surface area contributed by atoms with Crippen molar-refractivity contribution in [2.24, 2.45) is 0 Å². The lowest BCUT2D eigenvalue weighted by Crippen LogP contribution is -2.62. The maximum atomic E-state index is 14.1. The molecule has 2 fully saturated rings. The van der Waals surface area contributed by atoms with Gasteiger partial charge in [-0.05, 0) is 47.0 Å². The Labute approximate surface area is 237 Å². The van der Waals surface area contributed by atoms with Crippen molar-refractivity contribution < 1.29 is 23.8 Å². The lowest BCUT2D eigenvalue weighted by atomic mass is 9.86. The first kappa shape index (κ1) is 24.3. The molecule has 0 bridgehead atoms. The Morgan fingerprint density at radius 1 is 0.902 bits per heavy atom. The highest BCUT2D eigenvalue weighted by atomic mass is 16.7. The monoisotopic (exact) mass is 550 g/mol. The van der Waals surface area contributed by atoms with Gasteiger partial charge in [0.2, 0.25) is 18.6 Å². The Morgan fingerprint density at radius 2 is 1.71 bits per heavy atom. The fourth-order valence-electron chi connectivity index (χ4n) is 6.74. The van der Waals surface area contributed by atoms with Crippen LogP contribution in [0, 0.1) is 0 Å². The maximum absolute atomic E-state index is 14.1. The van der Waals surface area contributed by atoms with Gasteiger partial charge in [0, 0.05) is 48.3 Å². The van der Waals surface area contributed by atoms with Crippen LogP contribution >= 0.6 is 0 Å². The van der Waals surface area contributed by atoms with Gasteiger partial charge >= 0.3 is 0 Å². The number of fused-ring (bicyclic) bond motifs is 5. The van der Waals surface area contributed by atoms with Gasteiger partial charge in [-0.2, -0.15) is 0 Å². The van der Waals surface area contributed by atoms with Crippen LogP contribution in [-0.4, -0.2) is 72.3 Å². The topological polar surface area (TPSA) is 87.3 Å². The number of H-pyrrole nitrogens is 1. The van der Waals surface area contributed by atoms with Crippen LogP contribution in [-0.2, 0) is 27.3 Å². The van der Waals surface area contributed by atoms with Crippen molar-refractivity contribution in [3.05, 3.63) is 89.1 Å². The summed E-state index contributed by atoms with van der Waals surface area (Å²) in [6.07, 6.45) is 0.470. The standard InChI is InChI=1S/C32H30N4O5/c37-29-18-35(17-20-5-8-22(9-6-20)34-11-13-39-14-12-34)32(38)26-16-24-23-3-1-2-4-25(23)33-30(24)31(36(26)29)21-7-10-27-28(15-21)41-19-40-27/h1-10,15,26,31,33H,11-14,16-19H2/t26-,31-/m1/s1. The quantitative estimate of drug-likeness (QED) is 0.418. The van der Waals surface area contributed by atoms with Gasteiger partial charge in [-0.3, -0.25) is 9.59 Å². The SMILES string of the molecule is O=C1[C@H]2Cc3c([nH]c4ccccc34)[C@@H](c3ccc4c(c3)OCO4)N2C(=O)CN1Cc1ccc(N2CCOCC2)cc1. The number of carbonyl (C=O) groups is 2. The predicted molar refractivity (Wildman–Crippen MR) is 152 cm³/mol. The van der Waals surface area contributed by atoms with Gasteiger partial charge < -0.3 is 33.9 Å². The molecule has 9 nitrogen and oxygen atoms in total. The van der Waals surface area contributed by atoms with Crippen LogP contribution in [0.4, 0.5) is 5.69 Å². The summed E-state index contributed by atoms with van der Waals surface area (Å²) in [6.45, 7) is 3.82. The van der Waals surface area contributed by atoms with Gasteiger partial charge in [0.15, 0.2) is 11.5 Å². The molecule has 8 rings (SSSR count). The van der Waals surface area contributed by atoms with Crippen molar-refractivity contribution in [1.29, 1.82) is 0 Å². The molecule has 3 aromatic carbocycles. The number of piperazine rings is 1. The first-order chi connectivity index (χ1) is 20.1. The number of anilines is 1. The van der Waals surface area contributed by atoms with Gasteiger partial charge in [0.05, 0.1) is 19.3 Å². The number of carbonyl (C=O) groups excluding carboxylic acids is 2. The summed E-state index contributed by atoms with van der Waals surface area (Å²) in [6, 6.07) is 21.2. The number of nitrogens with zero attached hydrogens (tertiary/aromatic N) is 3. The Balaban J connectivity index is 1.13. The van der Waals surface area contributed by atoms with E-state index >= 15 is 0 Å². The first-order valence-corrected chi connectivity index (χ1v) is 14.1. The number of para-hydroxylation sites is 1. The third kappa shape index (κ3) is 4.02. The molecular formula is C32H30N4O5. The summed E-state index contributed by atoms with van der Waals surface area (Å²) in [7, 11) is 0. The summed E-state index contributed by atoms with van der Waals surface area (Å²) in [5, 5.41) is 1.09. The largest absolute Gasteiger partial charge is 0.454 e. The van der Waals surface area contributed by atoms with E-state index in [2.05, 4.69) is 40.2 Å². The molecule has 1 aromatic heterocycles. The van der Waals surface area contributed by atoms with E-state index in [-0.39, 0.29) is 25.2 Å².